The fourth-order valence-corrected chi connectivity index (χ4v) is 3.74. The Labute approximate surface area is 158 Å². The molecule has 2 heterocycles. The van der Waals surface area contributed by atoms with Crippen molar-refractivity contribution in [1.82, 2.24) is 14.8 Å². The van der Waals surface area contributed by atoms with Gasteiger partial charge in [-0.25, -0.2) is 14.7 Å². The third-order valence-corrected chi connectivity index (χ3v) is 5.21. The van der Waals surface area contributed by atoms with Crippen LogP contribution in [0.4, 0.5) is 5.13 Å². The number of thiazole rings is 1. The van der Waals surface area contributed by atoms with Gasteiger partial charge in [-0.05, 0) is 44.2 Å². The number of aryl methyl sites for hydroxylation is 2. The number of nitrogens with zero attached hydrogens (tertiary/aromatic N) is 3. The third-order valence-electron chi connectivity index (χ3n) is 4.05. The molecule has 0 fully saturated rings. The zero-order valence-electron chi connectivity index (χ0n) is 14.2. The summed E-state index contributed by atoms with van der Waals surface area (Å²) in [4.78, 5) is 21.6. The van der Waals surface area contributed by atoms with Crippen LogP contribution in [0.1, 0.15) is 16.8 Å². The molecule has 0 saturated carbocycles. The van der Waals surface area contributed by atoms with Crippen molar-refractivity contribution >= 4 is 44.5 Å². The smallest absolute Gasteiger partial charge is 0.280 e. The summed E-state index contributed by atoms with van der Waals surface area (Å²) in [5, 5.41) is 4.35. The topological polar surface area (TPSA) is 63.0 Å². The van der Waals surface area contributed by atoms with Crippen molar-refractivity contribution in [2.45, 2.75) is 13.8 Å². The van der Waals surface area contributed by atoms with Gasteiger partial charge in [0.15, 0.2) is 0 Å². The second-order valence-corrected chi connectivity index (χ2v) is 7.44. The lowest BCUT2D eigenvalue weighted by Gasteiger charge is -2.01. The van der Waals surface area contributed by atoms with Crippen LogP contribution in [-0.2, 0) is 0 Å². The van der Waals surface area contributed by atoms with E-state index in [9.17, 15) is 4.79 Å². The Balaban J connectivity index is 1.70. The van der Waals surface area contributed by atoms with E-state index >= 15 is 0 Å². The standard InChI is InChI=1S/C19H15ClN4OS/c1-11-3-6-14(7-4-11)24-18(25)15(12(2)23-24)10-21-19-22-16-8-5-13(20)9-17(16)26-19/h3-10,23H,1-2H3/b21-10+. The van der Waals surface area contributed by atoms with E-state index in [1.54, 1.807) is 12.3 Å². The number of rotatable bonds is 3. The van der Waals surface area contributed by atoms with Crippen molar-refractivity contribution in [3.05, 3.63) is 74.7 Å². The molecule has 130 valence electrons. The fraction of sp³-hybridized carbons (Fsp3) is 0.105. The molecule has 0 atom stereocenters. The molecule has 2 aromatic heterocycles. The van der Waals surface area contributed by atoms with E-state index in [4.69, 9.17) is 11.6 Å². The molecule has 0 spiro atoms. The van der Waals surface area contributed by atoms with E-state index in [-0.39, 0.29) is 5.56 Å². The van der Waals surface area contributed by atoms with Gasteiger partial charge in [-0.2, -0.15) is 0 Å². The Bertz CT molecular complexity index is 1180. The van der Waals surface area contributed by atoms with Gasteiger partial charge in [0, 0.05) is 16.9 Å². The number of fused-ring (bicyclic) bond motifs is 1. The maximum atomic E-state index is 12.7. The average molecular weight is 383 g/mol. The number of benzene rings is 2. The van der Waals surface area contributed by atoms with E-state index in [1.807, 2.05) is 50.2 Å². The number of hydrogen-bond acceptors (Lipinski definition) is 4. The summed E-state index contributed by atoms with van der Waals surface area (Å²) in [6.45, 7) is 3.86. The first-order valence-corrected chi connectivity index (χ1v) is 9.19. The van der Waals surface area contributed by atoms with E-state index in [1.165, 1.54) is 16.0 Å². The molecule has 0 aliphatic heterocycles. The number of aromatic amines is 1. The highest BCUT2D eigenvalue weighted by atomic mass is 35.5. The summed E-state index contributed by atoms with van der Waals surface area (Å²) in [5.74, 6) is 0. The van der Waals surface area contributed by atoms with Gasteiger partial charge in [0.25, 0.3) is 5.56 Å². The van der Waals surface area contributed by atoms with Gasteiger partial charge in [-0.1, -0.05) is 40.6 Å². The minimum atomic E-state index is -0.140. The molecule has 7 heteroatoms. The molecule has 2 aromatic carbocycles. The van der Waals surface area contributed by atoms with Gasteiger partial charge >= 0.3 is 0 Å². The molecule has 0 saturated heterocycles. The molecule has 0 amide bonds. The lowest BCUT2D eigenvalue weighted by atomic mass is 10.2. The number of nitrogens with one attached hydrogen (secondary N) is 1. The summed E-state index contributed by atoms with van der Waals surface area (Å²) >= 11 is 7.44. The normalized spacial score (nSPS) is 11.7. The van der Waals surface area contributed by atoms with E-state index < -0.39 is 0 Å². The SMILES string of the molecule is Cc1ccc(-n2[nH]c(C)c(/C=N/c3nc4ccc(Cl)cc4s3)c2=O)cc1. The Morgan fingerprint density at radius 1 is 1.19 bits per heavy atom. The number of H-pyrrole nitrogens is 1. The highest BCUT2D eigenvalue weighted by molar-refractivity contribution is 7.22. The maximum absolute atomic E-state index is 12.7. The molecule has 0 unspecified atom stereocenters. The van der Waals surface area contributed by atoms with Crippen LogP contribution in [0.3, 0.4) is 0 Å². The van der Waals surface area contributed by atoms with Gasteiger partial charge in [-0.3, -0.25) is 9.89 Å². The van der Waals surface area contributed by atoms with Gasteiger partial charge < -0.3 is 0 Å². The molecule has 5 nitrogen and oxygen atoms in total. The second-order valence-electron chi connectivity index (χ2n) is 5.99. The lowest BCUT2D eigenvalue weighted by Crippen LogP contribution is -2.17. The van der Waals surface area contributed by atoms with E-state index in [0.29, 0.717) is 15.7 Å². The van der Waals surface area contributed by atoms with Crippen molar-refractivity contribution in [2.24, 2.45) is 4.99 Å². The van der Waals surface area contributed by atoms with E-state index in [0.717, 1.165) is 27.2 Å². The minimum Gasteiger partial charge on any atom is -0.295 e. The molecule has 4 aromatic rings. The number of hydrogen-bond donors (Lipinski definition) is 1. The largest absolute Gasteiger partial charge is 0.295 e. The Morgan fingerprint density at radius 2 is 1.96 bits per heavy atom. The molecular weight excluding hydrogens is 368 g/mol. The molecular formula is C19H15ClN4OS. The van der Waals surface area contributed by atoms with Crippen LogP contribution in [0.5, 0.6) is 0 Å². The molecule has 0 radical (unpaired) electrons. The Hall–Kier alpha value is -2.70. The summed E-state index contributed by atoms with van der Waals surface area (Å²) in [6, 6.07) is 13.3. The van der Waals surface area contributed by atoms with Crippen molar-refractivity contribution in [1.29, 1.82) is 0 Å². The molecule has 0 aliphatic rings. The summed E-state index contributed by atoms with van der Waals surface area (Å²) in [5.41, 5.74) is 3.90. The lowest BCUT2D eigenvalue weighted by molar-refractivity contribution is 0.835. The maximum Gasteiger partial charge on any atom is 0.280 e. The van der Waals surface area contributed by atoms with Crippen LogP contribution < -0.4 is 5.56 Å². The van der Waals surface area contributed by atoms with Crippen LogP contribution in [0.15, 0.2) is 52.3 Å². The average Bonchev–Trinajstić information content (AvgIpc) is 3.14. The van der Waals surface area contributed by atoms with Crippen molar-refractivity contribution in [2.75, 3.05) is 0 Å². The van der Waals surface area contributed by atoms with Crippen molar-refractivity contribution in [3.8, 4) is 5.69 Å². The van der Waals surface area contributed by atoms with Crippen LogP contribution >= 0.6 is 22.9 Å². The first-order valence-electron chi connectivity index (χ1n) is 8.00. The second kappa shape index (κ2) is 6.55. The molecule has 4 rings (SSSR count). The predicted molar refractivity (Wildman–Crippen MR) is 108 cm³/mol. The van der Waals surface area contributed by atoms with Crippen LogP contribution in [0.25, 0.3) is 15.9 Å². The predicted octanol–water partition coefficient (Wildman–Crippen LogP) is 4.80. The zero-order valence-corrected chi connectivity index (χ0v) is 15.7. The van der Waals surface area contributed by atoms with Crippen molar-refractivity contribution in [3.63, 3.8) is 0 Å². The van der Waals surface area contributed by atoms with Gasteiger partial charge in [-0.15, -0.1) is 0 Å². The first-order chi connectivity index (χ1) is 12.5. The van der Waals surface area contributed by atoms with Crippen LogP contribution in [0, 0.1) is 13.8 Å². The molecule has 0 aliphatic carbocycles. The fourth-order valence-electron chi connectivity index (χ4n) is 2.65. The minimum absolute atomic E-state index is 0.140. The van der Waals surface area contributed by atoms with Crippen LogP contribution in [0.2, 0.25) is 5.02 Å². The number of aromatic nitrogens is 3. The third kappa shape index (κ3) is 3.09. The highest BCUT2D eigenvalue weighted by Crippen LogP contribution is 2.29. The summed E-state index contributed by atoms with van der Waals surface area (Å²) in [6.07, 6.45) is 1.57. The Morgan fingerprint density at radius 3 is 2.73 bits per heavy atom. The van der Waals surface area contributed by atoms with Gasteiger partial charge in [0.05, 0.1) is 21.5 Å². The zero-order chi connectivity index (χ0) is 18.3. The number of aliphatic imine (C=N–C) groups is 1. The molecule has 0 bridgehead atoms. The monoisotopic (exact) mass is 382 g/mol. The molecule has 1 N–H and O–H groups in total. The van der Waals surface area contributed by atoms with Crippen LogP contribution in [-0.4, -0.2) is 21.0 Å². The first kappa shape index (κ1) is 16.8. The summed E-state index contributed by atoms with van der Waals surface area (Å²) < 4.78 is 2.49. The van der Waals surface area contributed by atoms with Gasteiger partial charge in [0.1, 0.15) is 0 Å². The Kier molecular flexibility index (Phi) is 4.22. The van der Waals surface area contributed by atoms with Crippen molar-refractivity contribution < 1.29 is 0 Å². The summed E-state index contributed by atoms with van der Waals surface area (Å²) in [7, 11) is 0. The van der Waals surface area contributed by atoms with Gasteiger partial charge in [0.2, 0.25) is 5.13 Å². The molecule has 26 heavy (non-hydrogen) atoms. The number of halogens is 1. The quantitative estimate of drug-likeness (QED) is 0.517. The highest BCUT2D eigenvalue weighted by Gasteiger charge is 2.11. The van der Waals surface area contributed by atoms with E-state index in [2.05, 4.69) is 15.1 Å².